The smallest absolute Gasteiger partial charge is 0.139 e. The van der Waals surface area contributed by atoms with E-state index in [1.165, 1.54) is 0 Å². The highest BCUT2D eigenvalue weighted by Crippen LogP contribution is 2.29. The highest BCUT2D eigenvalue weighted by Gasteiger charge is 2.23. The van der Waals surface area contributed by atoms with Crippen molar-refractivity contribution in [1.29, 1.82) is 0 Å². The quantitative estimate of drug-likeness (QED) is 0.898. The molecular weight excluding hydrogens is 228 g/mol. The fourth-order valence-electron chi connectivity index (χ4n) is 1.92. The molecule has 94 valence electrons. The molecule has 3 rings (SSSR count). The van der Waals surface area contributed by atoms with E-state index in [9.17, 15) is 5.11 Å². The zero-order chi connectivity index (χ0) is 12.5. The molecule has 0 amide bonds. The van der Waals surface area contributed by atoms with Gasteiger partial charge in [0.05, 0.1) is 12.4 Å². The van der Waals surface area contributed by atoms with Gasteiger partial charge in [0.2, 0.25) is 0 Å². The van der Waals surface area contributed by atoms with Crippen LogP contribution in [0.25, 0.3) is 0 Å². The first-order valence-corrected chi connectivity index (χ1v) is 6.23. The van der Waals surface area contributed by atoms with Crippen molar-refractivity contribution in [3.05, 3.63) is 53.5 Å². The number of hydrogen-bond donors (Lipinski definition) is 1. The molecule has 1 aromatic heterocycles. The Bertz CT molecular complexity index is 523. The molecule has 0 saturated heterocycles. The van der Waals surface area contributed by atoms with Gasteiger partial charge >= 0.3 is 0 Å². The third-order valence-electron chi connectivity index (χ3n) is 3.17. The maximum Gasteiger partial charge on any atom is 0.139 e. The van der Waals surface area contributed by atoms with Crippen LogP contribution >= 0.6 is 0 Å². The van der Waals surface area contributed by atoms with Crippen LogP contribution in [0.1, 0.15) is 35.8 Å². The minimum Gasteiger partial charge on any atom is -0.490 e. The van der Waals surface area contributed by atoms with Crippen molar-refractivity contribution in [2.45, 2.75) is 32.0 Å². The predicted molar refractivity (Wildman–Crippen MR) is 67.6 cm³/mol. The van der Waals surface area contributed by atoms with Gasteiger partial charge in [-0.25, -0.2) is 0 Å². The molecule has 1 aromatic carbocycles. The molecule has 0 bridgehead atoms. The number of aliphatic hydroxyl groups is 1. The van der Waals surface area contributed by atoms with Gasteiger partial charge in [0, 0.05) is 0 Å². The normalized spacial score (nSPS) is 16.6. The van der Waals surface area contributed by atoms with Crippen LogP contribution in [0.4, 0.5) is 0 Å². The molecule has 18 heavy (non-hydrogen) atoms. The summed E-state index contributed by atoms with van der Waals surface area (Å²) >= 11 is 0. The Kier molecular flexibility index (Phi) is 2.84. The maximum atomic E-state index is 10.2. The van der Waals surface area contributed by atoms with Crippen molar-refractivity contribution in [2.75, 3.05) is 0 Å². The van der Waals surface area contributed by atoms with Crippen LogP contribution in [0.3, 0.4) is 0 Å². The average Bonchev–Trinajstić information content (AvgIpc) is 3.09. The summed E-state index contributed by atoms with van der Waals surface area (Å²) in [5.74, 6) is 1.47. The lowest BCUT2D eigenvalue weighted by Gasteiger charge is -2.11. The SMILES string of the molecule is Cc1ccoc1C(O)c1ccc(OC2CC2)cc1. The number of ether oxygens (including phenoxy) is 1. The van der Waals surface area contributed by atoms with Gasteiger partial charge in [0.1, 0.15) is 17.6 Å². The Morgan fingerprint density at radius 1 is 1.22 bits per heavy atom. The van der Waals surface area contributed by atoms with Gasteiger partial charge in [-0.05, 0) is 49.1 Å². The first-order chi connectivity index (χ1) is 8.74. The minimum atomic E-state index is -0.713. The van der Waals surface area contributed by atoms with E-state index in [4.69, 9.17) is 9.15 Å². The molecule has 1 heterocycles. The van der Waals surface area contributed by atoms with Crippen LogP contribution in [-0.4, -0.2) is 11.2 Å². The van der Waals surface area contributed by atoms with Gasteiger partial charge in [-0.3, -0.25) is 0 Å². The molecule has 0 spiro atoms. The third kappa shape index (κ3) is 2.27. The van der Waals surface area contributed by atoms with Crippen LogP contribution < -0.4 is 4.74 Å². The van der Waals surface area contributed by atoms with E-state index in [1.54, 1.807) is 6.26 Å². The number of rotatable bonds is 4. The van der Waals surface area contributed by atoms with Crippen LogP contribution in [0, 0.1) is 6.92 Å². The van der Waals surface area contributed by atoms with Gasteiger partial charge < -0.3 is 14.3 Å². The van der Waals surface area contributed by atoms with E-state index in [1.807, 2.05) is 37.3 Å². The van der Waals surface area contributed by atoms with E-state index >= 15 is 0 Å². The molecule has 1 aliphatic carbocycles. The fraction of sp³-hybridized carbons (Fsp3) is 0.333. The second kappa shape index (κ2) is 4.50. The third-order valence-corrected chi connectivity index (χ3v) is 3.17. The zero-order valence-corrected chi connectivity index (χ0v) is 10.3. The highest BCUT2D eigenvalue weighted by atomic mass is 16.5. The van der Waals surface area contributed by atoms with Gasteiger partial charge in [-0.2, -0.15) is 0 Å². The molecule has 1 fully saturated rings. The Labute approximate surface area is 106 Å². The van der Waals surface area contributed by atoms with Gasteiger partial charge in [-0.1, -0.05) is 12.1 Å². The summed E-state index contributed by atoms with van der Waals surface area (Å²) in [5, 5.41) is 10.2. The van der Waals surface area contributed by atoms with E-state index in [0.717, 1.165) is 29.7 Å². The molecule has 1 unspecified atom stereocenters. The van der Waals surface area contributed by atoms with Crippen LogP contribution in [-0.2, 0) is 0 Å². The van der Waals surface area contributed by atoms with E-state index < -0.39 is 6.10 Å². The van der Waals surface area contributed by atoms with E-state index in [2.05, 4.69) is 0 Å². The fourth-order valence-corrected chi connectivity index (χ4v) is 1.92. The molecular formula is C15H16O3. The van der Waals surface area contributed by atoms with Crippen LogP contribution in [0.5, 0.6) is 5.75 Å². The monoisotopic (exact) mass is 244 g/mol. The second-order valence-electron chi connectivity index (χ2n) is 4.76. The lowest BCUT2D eigenvalue weighted by atomic mass is 10.1. The van der Waals surface area contributed by atoms with Crippen LogP contribution in [0.15, 0.2) is 41.0 Å². The van der Waals surface area contributed by atoms with Gasteiger partial charge in [0.15, 0.2) is 0 Å². The predicted octanol–water partition coefficient (Wildman–Crippen LogP) is 3.21. The Morgan fingerprint density at radius 2 is 1.94 bits per heavy atom. The Morgan fingerprint density at radius 3 is 2.50 bits per heavy atom. The second-order valence-corrected chi connectivity index (χ2v) is 4.76. The van der Waals surface area contributed by atoms with Gasteiger partial charge in [-0.15, -0.1) is 0 Å². The van der Waals surface area contributed by atoms with Crippen molar-refractivity contribution in [3.8, 4) is 5.75 Å². The Balaban J connectivity index is 1.77. The van der Waals surface area contributed by atoms with E-state index in [0.29, 0.717) is 11.9 Å². The molecule has 0 radical (unpaired) electrons. The largest absolute Gasteiger partial charge is 0.490 e. The lowest BCUT2D eigenvalue weighted by Crippen LogP contribution is -2.00. The average molecular weight is 244 g/mol. The zero-order valence-electron chi connectivity index (χ0n) is 10.3. The van der Waals surface area contributed by atoms with Crippen molar-refractivity contribution in [3.63, 3.8) is 0 Å². The molecule has 3 nitrogen and oxygen atoms in total. The number of aryl methyl sites for hydroxylation is 1. The standard InChI is InChI=1S/C15H16O3/c1-10-8-9-17-15(10)14(16)11-2-4-12(5-3-11)18-13-6-7-13/h2-5,8-9,13-14,16H,6-7H2,1H3. The molecule has 2 aromatic rings. The summed E-state index contributed by atoms with van der Waals surface area (Å²) in [4.78, 5) is 0. The molecule has 1 N–H and O–H groups in total. The van der Waals surface area contributed by atoms with Crippen molar-refractivity contribution < 1.29 is 14.3 Å². The number of furan rings is 1. The van der Waals surface area contributed by atoms with E-state index in [-0.39, 0.29) is 0 Å². The minimum absolute atomic E-state index is 0.396. The lowest BCUT2D eigenvalue weighted by molar-refractivity contribution is 0.188. The highest BCUT2D eigenvalue weighted by molar-refractivity contribution is 5.33. The summed E-state index contributed by atoms with van der Waals surface area (Å²) in [6, 6.07) is 9.40. The van der Waals surface area contributed by atoms with Crippen molar-refractivity contribution in [2.24, 2.45) is 0 Å². The maximum absolute atomic E-state index is 10.2. The summed E-state index contributed by atoms with van der Waals surface area (Å²) < 4.78 is 11.0. The molecule has 3 heteroatoms. The Hall–Kier alpha value is -1.74. The molecule has 1 atom stereocenters. The topological polar surface area (TPSA) is 42.6 Å². The van der Waals surface area contributed by atoms with Crippen molar-refractivity contribution in [1.82, 2.24) is 0 Å². The summed E-state index contributed by atoms with van der Waals surface area (Å²) in [5.41, 5.74) is 1.78. The first-order valence-electron chi connectivity index (χ1n) is 6.23. The molecule has 0 aliphatic heterocycles. The van der Waals surface area contributed by atoms with Crippen molar-refractivity contribution >= 4 is 0 Å². The molecule has 1 aliphatic rings. The number of aliphatic hydroxyl groups excluding tert-OH is 1. The van der Waals surface area contributed by atoms with Crippen LogP contribution in [0.2, 0.25) is 0 Å². The summed E-state index contributed by atoms with van der Waals surface area (Å²) in [6.07, 6.45) is 3.58. The first kappa shape index (κ1) is 11.4. The number of hydrogen-bond acceptors (Lipinski definition) is 3. The molecule has 1 saturated carbocycles. The summed E-state index contributed by atoms with van der Waals surface area (Å²) in [6.45, 7) is 1.92. The number of benzene rings is 1. The van der Waals surface area contributed by atoms with Gasteiger partial charge in [0.25, 0.3) is 0 Å². The summed E-state index contributed by atoms with van der Waals surface area (Å²) in [7, 11) is 0.